The Hall–Kier alpha value is -3.08. The number of carbonyl (C=O) groups is 2. The Labute approximate surface area is 159 Å². The van der Waals surface area contributed by atoms with Crippen LogP contribution in [0, 0.1) is 0 Å². The first kappa shape index (κ1) is 20.2. The van der Waals surface area contributed by atoms with E-state index in [1.807, 2.05) is 55.5 Å². The molecule has 5 heteroatoms. The first-order valence-electron chi connectivity index (χ1n) is 8.94. The summed E-state index contributed by atoms with van der Waals surface area (Å²) in [5, 5.41) is 11.6. The third kappa shape index (κ3) is 5.71. The van der Waals surface area contributed by atoms with Gasteiger partial charge >= 0.3 is 12.1 Å². The van der Waals surface area contributed by atoms with Crippen LogP contribution in [0.3, 0.4) is 0 Å². The van der Waals surface area contributed by atoms with Crippen molar-refractivity contribution in [3.8, 4) is 0 Å². The number of benzene rings is 1. The largest absolute Gasteiger partial charge is 0.480 e. The molecule has 1 aliphatic rings. The van der Waals surface area contributed by atoms with Gasteiger partial charge in [0.1, 0.15) is 12.6 Å². The molecule has 1 aromatic carbocycles. The summed E-state index contributed by atoms with van der Waals surface area (Å²) < 4.78 is 5.35. The van der Waals surface area contributed by atoms with E-state index < -0.39 is 18.1 Å². The van der Waals surface area contributed by atoms with Gasteiger partial charge in [0.25, 0.3) is 0 Å². The second-order valence-electron chi connectivity index (χ2n) is 6.15. The maximum absolute atomic E-state index is 12.1. The van der Waals surface area contributed by atoms with Crippen molar-refractivity contribution in [1.29, 1.82) is 0 Å². The number of carboxylic acid groups (broad SMARTS) is 1. The maximum atomic E-state index is 12.1. The molecule has 0 bridgehead atoms. The monoisotopic (exact) mass is 367 g/mol. The predicted molar refractivity (Wildman–Crippen MR) is 106 cm³/mol. The van der Waals surface area contributed by atoms with Gasteiger partial charge < -0.3 is 15.2 Å². The van der Waals surface area contributed by atoms with Gasteiger partial charge in [-0.1, -0.05) is 66.8 Å². The van der Waals surface area contributed by atoms with Gasteiger partial charge in [-0.25, -0.2) is 9.59 Å². The van der Waals surface area contributed by atoms with Crippen molar-refractivity contribution in [3.63, 3.8) is 0 Å². The predicted octanol–water partition coefficient (Wildman–Crippen LogP) is 4.45. The number of rotatable bonds is 8. The molecule has 27 heavy (non-hydrogen) atoms. The number of ether oxygens (including phenoxy) is 1. The zero-order valence-electron chi connectivity index (χ0n) is 15.6. The molecule has 2 atom stereocenters. The normalized spacial score (nSPS) is 17.3. The summed E-state index contributed by atoms with van der Waals surface area (Å²) in [6.07, 6.45) is 12.8. The van der Waals surface area contributed by atoms with Gasteiger partial charge in [-0.2, -0.15) is 0 Å². The van der Waals surface area contributed by atoms with E-state index in [0.717, 1.165) is 16.7 Å². The highest BCUT2D eigenvalue weighted by Gasteiger charge is 2.26. The molecule has 1 aliphatic carbocycles. The number of aliphatic carboxylic acids is 1. The first-order chi connectivity index (χ1) is 13.1. The Balaban J connectivity index is 2.04. The SMILES string of the molecule is C/C=C\C=C/C1=Cc2ccccc2C1COC(=O)N[C@@H](C/C=C/C)C(=O)O. The highest BCUT2D eigenvalue weighted by atomic mass is 16.5. The highest BCUT2D eigenvalue weighted by Crippen LogP contribution is 2.37. The van der Waals surface area contributed by atoms with Crippen LogP contribution in [-0.4, -0.2) is 29.8 Å². The van der Waals surface area contributed by atoms with Crippen LogP contribution in [-0.2, 0) is 9.53 Å². The summed E-state index contributed by atoms with van der Waals surface area (Å²) in [5.74, 6) is -1.17. The van der Waals surface area contributed by atoms with Crippen LogP contribution in [0.2, 0.25) is 0 Å². The molecule has 1 aromatic rings. The van der Waals surface area contributed by atoms with Crippen LogP contribution in [0.4, 0.5) is 4.79 Å². The summed E-state index contributed by atoms with van der Waals surface area (Å²) in [6, 6.07) is 6.96. The molecular formula is C22H25NO4. The molecule has 0 radical (unpaired) electrons. The molecule has 1 amide bonds. The minimum atomic E-state index is -1.09. The fourth-order valence-electron chi connectivity index (χ4n) is 2.88. The van der Waals surface area contributed by atoms with Crippen LogP contribution >= 0.6 is 0 Å². The topological polar surface area (TPSA) is 75.6 Å². The van der Waals surface area contributed by atoms with Gasteiger partial charge in [-0.15, -0.1) is 0 Å². The van der Waals surface area contributed by atoms with Gasteiger partial charge in [0.15, 0.2) is 0 Å². The molecule has 5 nitrogen and oxygen atoms in total. The highest BCUT2D eigenvalue weighted by molar-refractivity contribution is 5.80. The third-order valence-electron chi connectivity index (χ3n) is 4.27. The number of amides is 1. The smallest absolute Gasteiger partial charge is 0.407 e. The molecule has 2 N–H and O–H groups in total. The number of alkyl carbamates (subject to hydrolysis) is 1. The molecule has 142 valence electrons. The lowest BCUT2D eigenvalue weighted by atomic mass is 9.96. The fraction of sp³-hybridized carbons (Fsp3) is 0.273. The van der Waals surface area contributed by atoms with Crippen LogP contribution < -0.4 is 5.32 Å². The second-order valence-corrected chi connectivity index (χ2v) is 6.15. The van der Waals surface area contributed by atoms with E-state index in [9.17, 15) is 14.7 Å². The molecule has 0 heterocycles. The van der Waals surface area contributed by atoms with E-state index >= 15 is 0 Å². The van der Waals surface area contributed by atoms with Crippen molar-refractivity contribution in [2.75, 3.05) is 6.61 Å². The summed E-state index contributed by atoms with van der Waals surface area (Å²) in [5.41, 5.74) is 3.24. The lowest BCUT2D eigenvalue weighted by molar-refractivity contribution is -0.139. The molecular weight excluding hydrogens is 342 g/mol. The average molecular weight is 367 g/mol. The Bertz CT molecular complexity index is 789. The molecule has 0 saturated heterocycles. The summed E-state index contributed by atoms with van der Waals surface area (Å²) in [7, 11) is 0. The number of nitrogens with one attached hydrogen (secondary N) is 1. The zero-order valence-corrected chi connectivity index (χ0v) is 15.6. The third-order valence-corrected chi connectivity index (χ3v) is 4.27. The Kier molecular flexibility index (Phi) is 7.62. The van der Waals surface area contributed by atoms with Gasteiger partial charge in [-0.05, 0) is 37.0 Å². The minimum absolute atomic E-state index is 0.0766. The summed E-state index contributed by atoms with van der Waals surface area (Å²) >= 11 is 0. The number of carboxylic acids is 1. The van der Waals surface area contributed by atoms with E-state index in [0.29, 0.717) is 0 Å². The van der Waals surface area contributed by atoms with Crippen LogP contribution in [0.1, 0.15) is 37.3 Å². The van der Waals surface area contributed by atoms with Crippen molar-refractivity contribution in [1.82, 2.24) is 5.32 Å². The van der Waals surface area contributed by atoms with E-state index in [2.05, 4.69) is 11.4 Å². The van der Waals surface area contributed by atoms with Crippen molar-refractivity contribution in [2.24, 2.45) is 0 Å². The number of hydrogen-bond donors (Lipinski definition) is 2. The standard InChI is InChI=1S/C22H25NO4/c1-3-5-7-10-17-14-16-11-8-9-12-18(16)19(17)15-27-22(26)23-20(21(24)25)13-6-4-2/h3-12,14,19-20H,13,15H2,1-2H3,(H,23,26)(H,24,25)/b5-3-,6-4+,10-7-/t19?,20-/m0/s1. The number of hydrogen-bond acceptors (Lipinski definition) is 3. The Morgan fingerprint density at radius 1 is 1.22 bits per heavy atom. The van der Waals surface area contributed by atoms with Crippen molar-refractivity contribution < 1.29 is 19.4 Å². The van der Waals surface area contributed by atoms with Crippen LogP contribution in [0.15, 0.2) is 66.3 Å². The second kappa shape index (κ2) is 10.2. The molecule has 0 aliphatic heterocycles. The quantitative estimate of drug-likeness (QED) is 0.526. The Morgan fingerprint density at radius 3 is 2.70 bits per heavy atom. The van der Waals surface area contributed by atoms with Crippen molar-refractivity contribution in [3.05, 3.63) is 77.4 Å². The van der Waals surface area contributed by atoms with Gasteiger partial charge in [-0.3, -0.25) is 0 Å². The maximum Gasteiger partial charge on any atom is 0.407 e. The molecule has 2 rings (SSSR count). The number of carbonyl (C=O) groups excluding carboxylic acids is 1. The molecule has 0 spiro atoms. The van der Waals surface area contributed by atoms with E-state index in [-0.39, 0.29) is 18.9 Å². The minimum Gasteiger partial charge on any atom is -0.480 e. The number of fused-ring (bicyclic) bond motifs is 1. The van der Waals surface area contributed by atoms with Crippen molar-refractivity contribution >= 4 is 18.1 Å². The van der Waals surface area contributed by atoms with E-state index in [4.69, 9.17) is 4.74 Å². The zero-order chi connectivity index (χ0) is 19.6. The summed E-state index contributed by atoms with van der Waals surface area (Å²) in [4.78, 5) is 23.3. The lowest BCUT2D eigenvalue weighted by Crippen LogP contribution is -2.41. The number of allylic oxidation sites excluding steroid dienone is 5. The lowest BCUT2D eigenvalue weighted by Gasteiger charge is -2.17. The van der Waals surface area contributed by atoms with E-state index in [1.54, 1.807) is 19.1 Å². The van der Waals surface area contributed by atoms with Crippen LogP contribution in [0.25, 0.3) is 6.08 Å². The van der Waals surface area contributed by atoms with Gasteiger partial charge in [0.2, 0.25) is 0 Å². The van der Waals surface area contributed by atoms with Crippen molar-refractivity contribution in [2.45, 2.75) is 32.2 Å². The van der Waals surface area contributed by atoms with Crippen LogP contribution in [0.5, 0.6) is 0 Å². The first-order valence-corrected chi connectivity index (χ1v) is 8.94. The van der Waals surface area contributed by atoms with Gasteiger partial charge in [0, 0.05) is 5.92 Å². The summed E-state index contributed by atoms with van der Waals surface area (Å²) in [6.45, 7) is 3.88. The Morgan fingerprint density at radius 2 is 2.00 bits per heavy atom. The molecule has 0 aromatic heterocycles. The molecule has 1 unspecified atom stereocenters. The van der Waals surface area contributed by atoms with Gasteiger partial charge in [0.05, 0.1) is 0 Å². The van der Waals surface area contributed by atoms with E-state index in [1.165, 1.54) is 0 Å². The molecule has 0 saturated carbocycles. The average Bonchev–Trinajstić information content (AvgIpc) is 3.01. The fourth-order valence-corrected chi connectivity index (χ4v) is 2.88. The molecule has 0 fully saturated rings.